The van der Waals surface area contributed by atoms with Crippen molar-refractivity contribution in [2.24, 2.45) is 5.10 Å². The van der Waals surface area contributed by atoms with Crippen LogP contribution in [0.1, 0.15) is 42.5 Å². The summed E-state index contributed by atoms with van der Waals surface area (Å²) in [6, 6.07) is 18.5. The smallest absolute Gasteiger partial charge is 0.214 e. The molecule has 2 aliphatic heterocycles. The average Bonchev–Trinajstić information content (AvgIpc) is 3.44. The van der Waals surface area contributed by atoms with E-state index in [2.05, 4.69) is 41.6 Å². The fraction of sp³-hybridized carbons (Fsp3) is 0.261. The second kappa shape index (κ2) is 7.52. The first-order chi connectivity index (χ1) is 14.3. The van der Waals surface area contributed by atoms with E-state index in [0.717, 1.165) is 40.5 Å². The Hall–Kier alpha value is -2.86. The summed E-state index contributed by atoms with van der Waals surface area (Å²) in [5.41, 5.74) is 3.09. The summed E-state index contributed by atoms with van der Waals surface area (Å²) in [7, 11) is 0. The molecule has 5 nitrogen and oxygen atoms in total. The number of fused-ring (bicyclic) bond motifs is 3. The van der Waals surface area contributed by atoms with Crippen molar-refractivity contribution in [1.82, 2.24) is 5.01 Å². The quantitative estimate of drug-likeness (QED) is 0.513. The van der Waals surface area contributed by atoms with Crippen molar-refractivity contribution in [2.75, 3.05) is 12.9 Å². The molecule has 5 rings (SSSR count). The summed E-state index contributed by atoms with van der Waals surface area (Å²) in [4.78, 5) is 1.22. The van der Waals surface area contributed by atoms with Gasteiger partial charge >= 0.3 is 0 Å². The van der Waals surface area contributed by atoms with Gasteiger partial charge in [-0.1, -0.05) is 24.3 Å². The number of benzene rings is 2. The Morgan fingerprint density at radius 1 is 1.14 bits per heavy atom. The van der Waals surface area contributed by atoms with Crippen molar-refractivity contribution in [1.29, 1.82) is 0 Å². The molecule has 0 fully saturated rings. The van der Waals surface area contributed by atoms with Crippen LogP contribution in [0.15, 0.2) is 75.3 Å². The molecule has 0 saturated heterocycles. The van der Waals surface area contributed by atoms with Crippen LogP contribution in [-0.2, 0) is 0 Å². The van der Waals surface area contributed by atoms with Crippen molar-refractivity contribution in [2.45, 2.75) is 30.5 Å². The molecule has 1 aromatic heterocycles. The van der Waals surface area contributed by atoms with Gasteiger partial charge in [0.2, 0.25) is 6.23 Å². The highest BCUT2D eigenvalue weighted by Gasteiger charge is 2.42. The summed E-state index contributed by atoms with van der Waals surface area (Å²) < 4.78 is 18.0. The predicted molar refractivity (Wildman–Crippen MR) is 114 cm³/mol. The van der Waals surface area contributed by atoms with Crippen LogP contribution < -0.4 is 9.47 Å². The summed E-state index contributed by atoms with van der Waals surface area (Å²) in [6.07, 6.45) is 4.20. The van der Waals surface area contributed by atoms with Crippen LogP contribution in [0.25, 0.3) is 0 Å². The zero-order valence-corrected chi connectivity index (χ0v) is 17.2. The van der Waals surface area contributed by atoms with E-state index in [1.165, 1.54) is 4.90 Å². The highest BCUT2D eigenvalue weighted by molar-refractivity contribution is 7.98. The Labute approximate surface area is 174 Å². The molecule has 3 heterocycles. The highest BCUT2D eigenvalue weighted by Crippen LogP contribution is 2.50. The lowest BCUT2D eigenvalue weighted by molar-refractivity contribution is -0.0212. The average molecular weight is 407 g/mol. The fourth-order valence-electron chi connectivity index (χ4n) is 3.93. The van der Waals surface area contributed by atoms with E-state index in [4.69, 9.17) is 19.0 Å². The van der Waals surface area contributed by atoms with Gasteiger partial charge in [-0.15, -0.1) is 11.8 Å². The SMILES string of the molecule is CCOc1cccc2c1OC(c1ccc(SC)cc1)N1N=C(c3ccco3)CC21. The first-order valence-electron chi connectivity index (χ1n) is 9.74. The predicted octanol–water partition coefficient (Wildman–Crippen LogP) is 5.64. The Kier molecular flexibility index (Phi) is 4.72. The minimum Gasteiger partial charge on any atom is -0.490 e. The minimum absolute atomic E-state index is 0.0736. The molecule has 148 valence electrons. The van der Waals surface area contributed by atoms with Crippen LogP contribution in [0.3, 0.4) is 0 Å². The number of para-hydroxylation sites is 1. The molecule has 0 spiro atoms. The second-order valence-electron chi connectivity index (χ2n) is 6.97. The summed E-state index contributed by atoms with van der Waals surface area (Å²) in [6.45, 7) is 2.58. The molecule has 29 heavy (non-hydrogen) atoms. The molecule has 0 saturated carbocycles. The van der Waals surface area contributed by atoms with Crippen molar-refractivity contribution >= 4 is 17.5 Å². The standard InChI is InChI=1S/C23H22N2O3S/c1-3-26-21-7-4-6-17-19-14-18(20-8-5-13-27-20)24-25(19)23(28-22(17)21)15-9-11-16(29-2)12-10-15/h4-13,19,23H,3,14H2,1-2H3. The molecule has 0 radical (unpaired) electrons. The number of hydrogen-bond acceptors (Lipinski definition) is 6. The number of hydrogen-bond donors (Lipinski definition) is 0. The molecule has 0 N–H and O–H groups in total. The molecular weight excluding hydrogens is 384 g/mol. The summed E-state index contributed by atoms with van der Waals surface area (Å²) in [5, 5.41) is 6.97. The number of hydrazone groups is 1. The van der Waals surface area contributed by atoms with Crippen LogP contribution in [0.5, 0.6) is 11.5 Å². The molecule has 0 bridgehead atoms. The van der Waals surface area contributed by atoms with Gasteiger partial charge in [-0.05, 0) is 43.5 Å². The van der Waals surface area contributed by atoms with Crippen LogP contribution in [0.4, 0.5) is 0 Å². The molecule has 0 aliphatic carbocycles. The van der Waals surface area contributed by atoms with E-state index in [1.54, 1.807) is 18.0 Å². The van der Waals surface area contributed by atoms with Gasteiger partial charge in [-0.2, -0.15) is 5.10 Å². The van der Waals surface area contributed by atoms with E-state index in [1.807, 2.05) is 31.2 Å². The summed E-state index contributed by atoms with van der Waals surface area (Å²) in [5.74, 6) is 2.39. The van der Waals surface area contributed by atoms with Crippen LogP contribution in [0.2, 0.25) is 0 Å². The molecule has 2 unspecified atom stereocenters. The molecule has 0 amide bonds. The van der Waals surface area contributed by atoms with Gasteiger partial charge in [-0.3, -0.25) is 0 Å². The van der Waals surface area contributed by atoms with E-state index in [-0.39, 0.29) is 12.3 Å². The van der Waals surface area contributed by atoms with E-state index in [0.29, 0.717) is 6.61 Å². The third kappa shape index (κ3) is 3.17. The third-order valence-corrected chi connectivity index (χ3v) is 6.03. The lowest BCUT2D eigenvalue weighted by atomic mass is 9.97. The van der Waals surface area contributed by atoms with E-state index >= 15 is 0 Å². The van der Waals surface area contributed by atoms with Gasteiger partial charge in [0.05, 0.1) is 18.9 Å². The van der Waals surface area contributed by atoms with Gasteiger partial charge in [0.1, 0.15) is 11.5 Å². The Morgan fingerprint density at radius 2 is 2.00 bits per heavy atom. The zero-order valence-electron chi connectivity index (χ0n) is 16.4. The van der Waals surface area contributed by atoms with Gasteiger partial charge in [-0.25, -0.2) is 5.01 Å². The van der Waals surface area contributed by atoms with Crippen LogP contribution in [0, 0.1) is 0 Å². The number of thioether (sulfide) groups is 1. The first kappa shape index (κ1) is 18.2. The van der Waals surface area contributed by atoms with Gasteiger partial charge in [0, 0.05) is 22.4 Å². The molecule has 2 aromatic carbocycles. The first-order valence-corrected chi connectivity index (χ1v) is 11.0. The molecule has 6 heteroatoms. The third-order valence-electron chi connectivity index (χ3n) is 5.29. The second-order valence-corrected chi connectivity index (χ2v) is 7.85. The molecule has 2 atom stereocenters. The fourth-order valence-corrected chi connectivity index (χ4v) is 4.34. The van der Waals surface area contributed by atoms with Gasteiger partial charge < -0.3 is 13.9 Å². The van der Waals surface area contributed by atoms with Crippen molar-refractivity contribution in [3.8, 4) is 11.5 Å². The van der Waals surface area contributed by atoms with Gasteiger partial charge in [0.25, 0.3) is 0 Å². The highest BCUT2D eigenvalue weighted by atomic mass is 32.2. The maximum atomic E-state index is 6.51. The minimum atomic E-state index is -0.322. The van der Waals surface area contributed by atoms with Crippen molar-refractivity contribution < 1.29 is 13.9 Å². The largest absolute Gasteiger partial charge is 0.490 e. The number of furan rings is 1. The van der Waals surface area contributed by atoms with Crippen molar-refractivity contribution in [3.05, 3.63) is 77.7 Å². The van der Waals surface area contributed by atoms with Crippen molar-refractivity contribution in [3.63, 3.8) is 0 Å². The topological polar surface area (TPSA) is 47.2 Å². The molecular formula is C23H22N2O3S. The lowest BCUT2D eigenvalue weighted by Crippen LogP contribution is -2.33. The lowest BCUT2D eigenvalue weighted by Gasteiger charge is -2.38. The maximum Gasteiger partial charge on any atom is 0.214 e. The van der Waals surface area contributed by atoms with Gasteiger partial charge in [0.15, 0.2) is 11.5 Å². The molecule has 2 aliphatic rings. The number of nitrogens with zero attached hydrogens (tertiary/aromatic N) is 2. The van der Waals surface area contributed by atoms with E-state index < -0.39 is 0 Å². The number of rotatable bonds is 5. The maximum absolute atomic E-state index is 6.51. The van der Waals surface area contributed by atoms with Crippen LogP contribution in [-0.4, -0.2) is 23.6 Å². The monoisotopic (exact) mass is 406 g/mol. The van der Waals surface area contributed by atoms with Crippen LogP contribution >= 0.6 is 11.8 Å². The zero-order chi connectivity index (χ0) is 19.8. The Morgan fingerprint density at radius 3 is 2.72 bits per heavy atom. The normalized spacial score (nSPS) is 19.9. The Balaban J connectivity index is 1.60. The van der Waals surface area contributed by atoms with E-state index in [9.17, 15) is 0 Å². The summed E-state index contributed by atoms with van der Waals surface area (Å²) >= 11 is 1.73. The number of ether oxygens (including phenoxy) is 2. The Bertz CT molecular complexity index is 1030. The molecule has 3 aromatic rings.